The van der Waals surface area contributed by atoms with E-state index in [2.05, 4.69) is 10.3 Å². The zero-order valence-electron chi connectivity index (χ0n) is 10.0. The summed E-state index contributed by atoms with van der Waals surface area (Å²) in [5, 5.41) is 2.95. The molecule has 1 N–H and O–H groups in total. The monoisotopic (exact) mass is 254 g/mol. The van der Waals surface area contributed by atoms with Gasteiger partial charge in [-0.25, -0.2) is 4.99 Å². The van der Waals surface area contributed by atoms with Crippen LogP contribution in [0.2, 0.25) is 5.02 Å². The molecular formula is C12H15ClN2O2. The van der Waals surface area contributed by atoms with E-state index in [1.165, 1.54) is 7.11 Å². The molecular weight excluding hydrogens is 240 g/mol. The number of carbonyl (C=O) groups excluding carboxylic acids is 1. The molecule has 0 saturated carbocycles. The summed E-state index contributed by atoms with van der Waals surface area (Å²) in [6.45, 7) is 3.78. The molecule has 0 aromatic heterocycles. The van der Waals surface area contributed by atoms with Crippen molar-refractivity contribution >= 4 is 23.5 Å². The van der Waals surface area contributed by atoms with Gasteiger partial charge in [0.25, 0.3) is 11.9 Å². The Morgan fingerprint density at radius 2 is 2.06 bits per heavy atom. The molecule has 92 valence electrons. The minimum absolute atomic E-state index is 0.0384. The minimum Gasteiger partial charge on any atom is -0.468 e. The molecule has 0 fully saturated rings. The van der Waals surface area contributed by atoms with Crippen LogP contribution in [0.5, 0.6) is 0 Å². The standard InChI is InChI=1S/C12H15ClN2O2/c1-8(2)14-12(17-3)15-11(16)9-6-4-5-7-10(9)13/h4-8H,1-3H3,(H,14,15,16). The first-order valence-electron chi connectivity index (χ1n) is 5.22. The Balaban J connectivity index is 2.82. The summed E-state index contributed by atoms with van der Waals surface area (Å²) in [6, 6.07) is 7.02. The van der Waals surface area contributed by atoms with E-state index in [9.17, 15) is 4.79 Å². The van der Waals surface area contributed by atoms with Gasteiger partial charge in [0.2, 0.25) is 0 Å². The largest absolute Gasteiger partial charge is 0.468 e. The first-order valence-corrected chi connectivity index (χ1v) is 5.60. The molecule has 5 heteroatoms. The normalized spacial score (nSPS) is 11.5. The Labute approximate surface area is 106 Å². The molecule has 4 nitrogen and oxygen atoms in total. The smallest absolute Gasteiger partial charge is 0.291 e. The average molecular weight is 255 g/mol. The van der Waals surface area contributed by atoms with E-state index in [4.69, 9.17) is 16.3 Å². The van der Waals surface area contributed by atoms with Crippen LogP contribution in [0, 0.1) is 0 Å². The van der Waals surface area contributed by atoms with Crippen LogP contribution in [0.25, 0.3) is 0 Å². The zero-order chi connectivity index (χ0) is 12.8. The second-order valence-corrected chi connectivity index (χ2v) is 4.07. The van der Waals surface area contributed by atoms with Gasteiger partial charge in [0.15, 0.2) is 0 Å². The summed E-state index contributed by atoms with van der Waals surface area (Å²) in [4.78, 5) is 16.0. The summed E-state index contributed by atoms with van der Waals surface area (Å²) in [5.41, 5.74) is 0.391. The molecule has 0 radical (unpaired) electrons. The highest BCUT2D eigenvalue weighted by Gasteiger charge is 2.12. The van der Waals surface area contributed by atoms with E-state index in [1.807, 2.05) is 13.8 Å². The maximum atomic E-state index is 11.9. The number of hydrogen-bond acceptors (Lipinski definition) is 3. The van der Waals surface area contributed by atoms with E-state index in [0.29, 0.717) is 10.6 Å². The van der Waals surface area contributed by atoms with Crippen molar-refractivity contribution in [2.45, 2.75) is 19.9 Å². The molecule has 0 aliphatic rings. The molecule has 0 unspecified atom stereocenters. The molecule has 0 heterocycles. The molecule has 1 amide bonds. The lowest BCUT2D eigenvalue weighted by atomic mass is 10.2. The Hall–Kier alpha value is -1.55. The number of benzene rings is 1. The summed E-state index contributed by atoms with van der Waals surface area (Å²) in [7, 11) is 1.45. The second kappa shape index (κ2) is 6.25. The van der Waals surface area contributed by atoms with Crippen molar-refractivity contribution in [3.8, 4) is 0 Å². The fourth-order valence-corrected chi connectivity index (χ4v) is 1.40. The second-order valence-electron chi connectivity index (χ2n) is 3.67. The summed E-state index contributed by atoms with van der Waals surface area (Å²) in [5.74, 6) is -0.336. The lowest BCUT2D eigenvalue weighted by Crippen LogP contribution is -2.32. The van der Waals surface area contributed by atoms with E-state index in [1.54, 1.807) is 24.3 Å². The number of halogens is 1. The highest BCUT2D eigenvalue weighted by Crippen LogP contribution is 2.14. The highest BCUT2D eigenvalue weighted by atomic mass is 35.5. The van der Waals surface area contributed by atoms with Crippen molar-refractivity contribution < 1.29 is 9.53 Å². The van der Waals surface area contributed by atoms with E-state index < -0.39 is 0 Å². The Bertz CT molecular complexity index is 430. The quantitative estimate of drug-likeness (QED) is 0.651. The zero-order valence-corrected chi connectivity index (χ0v) is 10.8. The first-order chi connectivity index (χ1) is 8.04. The Morgan fingerprint density at radius 1 is 1.41 bits per heavy atom. The summed E-state index contributed by atoms with van der Waals surface area (Å²) < 4.78 is 4.97. The van der Waals surface area contributed by atoms with Gasteiger partial charge < -0.3 is 4.74 Å². The topological polar surface area (TPSA) is 50.7 Å². The molecule has 1 aromatic rings. The number of carbonyl (C=O) groups is 1. The van der Waals surface area contributed by atoms with Gasteiger partial charge in [0.1, 0.15) is 0 Å². The van der Waals surface area contributed by atoms with Crippen molar-refractivity contribution in [2.75, 3.05) is 7.11 Å². The van der Waals surface area contributed by atoms with Gasteiger partial charge in [0, 0.05) is 6.04 Å². The van der Waals surface area contributed by atoms with Crippen LogP contribution in [0.15, 0.2) is 29.3 Å². The van der Waals surface area contributed by atoms with Crippen LogP contribution in [0.4, 0.5) is 0 Å². The van der Waals surface area contributed by atoms with Gasteiger partial charge in [-0.2, -0.15) is 0 Å². The Kier molecular flexibility index (Phi) is 4.97. The molecule has 0 aliphatic heterocycles. The lowest BCUT2D eigenvalue weighted by molar-refractivity contribution is 0.0968. The van der Waals surface area contributed by atoms with Crippen LogP contribution in [-0.2, 0) is 4.74 Å². The predicted molar refractivity (Wildman–Crippen MR) is 68.5 cm³/mol. The van der Waals surface area contributed by atoms with Gasteiger partial charge in [-0.1, -0.05) is 23.7 Å². The average Bonchev–Trinajstić information content (AvgIpc) is 2.27. The fourth-order valence-electron chi connectivity index (χ4n) is 1.18. The fraction of sp³-hybridized carbons (Fsp3) is 0.333. The number of nitrogens with one attached hydrogen (secondary N) is 1. The Morgan fingerprint density at radius 3 is 2.59 bits per heavy atom. The molecule has 17 heavy (non-hydrogen) atoms. The van der Waals surface area contributed by atoms with E-state index >= 15 is 0 Å². The molecule has 1 aromatic carbocycles. The van der Waals surface area contributed by atoms with Gasteiger partial charge in [-0.3, -0.25) is 10.1 Å². The van der Waals surface area contributed by atoms with Crippen molar-refractivity contribution in [3.63, 3.8) is 0 Å². The minimum atomic E-state index is -0.336. The molecule has 0 saturated heterocycles. The third-order valence-electron chi connectivity index (χ3n) is 1.91. The number of amidine groups is 1. The van der Waals surface area contributed by atoms with Crippen molar-refractivity contribution in [2.24, 2.45) is 4.99 Å². The molecule has 0 aliphatic carbocycles. The number of methoxy groups -OCH3 is 1. The van der Waals surface area contributed by atoms with E-state index in [-0.39, 0.29) is 18.0 Å². The maximum absolute atomic E-state index is 11.9. The highest BCUT2D eigenvalue weighted by molar-refractivity contribution is 6.34. The van der Waals surface area contributed by atoms with Gasteiger partial charge in [-0.15, -0.1) is 0 Å². The van der Waals surface area contributed by atoms with Gasteiger partial charge >= 0.3 is 0 Å². The molecule has 0 bridgehead atoms. The van der Waals surface area contributed by atoms with Crippen LogP contribution >= 0.6 is 11.6 Å². The summed E-state index contributed by atoms with van der Waals surface area (Å²) >= 11 is 5.91. The van der Waals surface area contributed by atoms with Crippen LogP contribution in [0.1, 0.15) is 24.2 Å². The number of rotatable bonds is 2. The molecule has 0 spiro atoms. The van der Waals surface area contributed by atoms with Crippen LogP contribution < -0.4 is 5.32 Å². The predicted octanol–water partition coefficient (Wildman–Crippen LogP) is 2.48. The van der Waals surface area contributed by atoms with E-state index in [0.717, 1.165) is 0 Å². The number of amides is 1. The summed E-state index contributed by atoms with van der Waals surface area (Å²) in [6.07, 6.45) is 0. The number of nitrogens with zero attached hydrogens (tertiary/aromatic N) is 1. The SMILES string of the molecule is COC(=NC(C)C)NC(=O)c1ccccc1Cl. The third kappa shape index (κ3) is 4.07. The van der Waals surface area contributed by atoms with Crippen molar-refractivity contribution in [3.05, 3.63) is 34.9 Å². The number of aliphatic imine (C=N–C) groups is 1. The van der Waals surface area contributed by atoms with Gasteiger partial charge in [0.05, 0.1) is 17.7 Å². The first kappa shape index (κ1) is 13.5. The number of hydrogen-bond donors (Lipinski definition) is 1. The van der Waals surface area contributed by atoms with Crippen LogP contribution in [0.3, 0.4) is 0 Å². The van der Waals surface area contributed by atoms with Crippen molar-refractivity contribution in [1.29, 1.82) is 0 Å². The molecule has 1 rings (SSSR count). The number of ether oxygens (including phenoxy) is 1. The van der Waals surface area contributed by atoms with Crippen LogP contribution in [-0.4, -0.2) is 25.1 Å². The lowest BCUT2D eigenvalue weighted by Gasteiger charge is -2.09. The van der Waals surface area contributed by atoms with Gasteiger partial charge in [-0.05, 0) is 26.0 Å². The maximum Gasteiger partial charge on any atom is 0.291 e. The van der Waals surface area contributed by atoms with Crippen molar-refractivity contribution in [1.82, 2.24) is 5.32 Å². The third-order valence-corrected chi connectivity index (χ3v) is 2.24. The molecule has 0 atom stereocenters.